The fourth-order valence-corrected chi connectivity index (χ4v) is 4.23. The van der Waals surface area contributed by atoms with E-state index in [1.165, 1.54) is 0 Å². The van der Waals surface area contributed by atoms with E-state index in [-0.39, 0.29) is 18.1 Å². The third kappa shape index (κ3) is 2.81. The molecular weight excluding hydrogens is 312 g/mol. The largest absolute Gasteiger partial charge is 0.440 e. The van der Waals surface area contributed by atoms with Gasteiger partial charge in [0.1, 0.15) is 5.76 Å². The molecule has 1 aliphatic heterocycles. The van der Waals surface area contributed by atoms with Gasteiger partial charge in [-0.25, -0.2) is 4.98 Å². The van der Waals surface area contributed by atoms with Gasteiger partial charge in [-0.1, -0.05) is 6.07 Å². The number of hydrogen-bond acceptors (Lipinski definition) is 5. The highest BCUT2D eigenvalue weighted by Gasteiger charge is 2.38. The zero-order valence-corrected chi connectivity index (χ0v) is 14.0. The van der Waals surface area contributed by atoms with Crippen LogP contribution in [-0.2, 0) is 16.0 Å². The first-order chi connectivity index (χ1) is 11.2. The van der Waals surface area contributed by atoms with Gasteiger partial charge in [0.25, 0.3) is 0 Å². The molecule has 4 rings (SSSR count). The molecule has 0 bridgehead atoms. The number of oxazole rings is 1. The zero-order chi connectivity index (χ0) is 15.8. The van der Waals surface area contributed by atoms with Gasteiger partial charge >= 0.3 is 0 Å². The van der Waals surface area contributed by atoms with Crippen LogP contribution in [0.25, 0.3) is 10.8 Å². The number of thiophene rings is 1. The van der Waals surface area contributed by atoms with E-state index in [4.69, 9.17) is 9.15 Å². The Kier molecular flexibility index (Phi) is 3.95. The molecule has 1 amide bonds. The molecule has 0 unspecified atom stereocenters. The van der Waals surface area contributed by atoms with Crippen LogP contribution < -0.4 is 0 Å². The second-order valence-electron chi connectivity index (χ2n) is 6.17. The van der Waals surface area contributed by atoms with E-state index in [0.29, 0.717) is 25.5 Å². The molecule has 5 nitrogen and oxygen atoms in total. The van der Waals surface area contributed by atoms with Crippen LogP contribution in [0.2, 0.25) is 0 Å². The van der Waals surface area contributed by atoms with Crippen molar-refractivity contribution in [1.29, 1.82) is 0 Å². The second-order valence-corrected chi connectivity index (χ2v) is 7.12. The molecule has 0 N–H and O–H groups in total. The molecule has 1 saturated heterocycles. The van der Waals surface area contributed by atoms with Crippen molar-refractivity contribution in [1.82, 2.24) is 9.88 Å². The number of nitrogens with zero attached hydrogens (tertiary/aromatic N) is 2. The van der Waals surface area contributed by atoms with Crippen LogP contribution in [0.1, 0.15) is 30.7 Å². The average Bonchev–Trinajstić information content (AvgIpc) is 3.27. The summed E-state index contributed by atoms with van der Waals surface area (Å²) >= 11 is 1.59. The van der Waals surface area contributed by atoms with Crippen molar-refractivity contribution >= 4 is 17.2 Å². The summed E-state index contributed by atoms with van der Waals surface area (Å²) in [7, 11) is 0. The third-order valence-electron chi connectivity index (χ3n) is 4.75. The first-order valence-corrected chi connectivity index (χ1v) is 9.01. The van der Waals surface area contributed by atoms with E-state index in [2.05, 4.69) is 4.98 Å². The molecule has 6 heteroatoms. The Labute approximate surface area is 139 Å². The third-order valence-corrected chi connectivity index (χ3v) is 5.60. The number of morpholine rings is 1. The van der Waals surface area contributed by atoms with Gasteiger partial charge in [-0.05, 0) is 37.6 Å². The Morgan fingerprint density at radius 3 is 3.22 bits per heavy atom. The van der Waals surface area contributed by atoms with E-state index in [0.717, 1.165) is 35.6 Å². The molecule has 2 aromatic heterocycles. The quantitative estimate of drug-likeness (QED) is 0.867. The number of carbonyl (C=O) groups is 1. The number of ether oxygens (including phenoxy) is 1. The van der Waals surface area contributed by atoms with Gasteiger partial charge in [0, 0.05) is 6.54 Å². The number of amides is 1. The summed E-state index contributed by atoms with van der Waals surface area (Å²) in [6, 6.07) is 4.20. The Hall–Kier alpha value is -1.66. The highest BCUT2D eigenvalue weighted by molar-refractivity contribution is 7.13. The topological polar surface area (TPSA) is 55.6 Å². The standard InChI is InChI=1S/C17H20N2O3S/c1-11-12(18-17(22-11)15-6-3-9-23-15)10-16(20)19-7-8-21-14-5-2-4-13(14)19/h3,6,9,13-14H,2,4-5,7-8,10H2,1H3/t13-,14-/m1/s1. The SMILES string of the molecule is Cc1oc(-c2cccs2)nc1CC(=O)N1CCO[C@@H]2CCC[C@H]21. The van der Waals surface area contributed by atoms with Crippen molar-refractivity contribution < 1.29 is 13.9 Å². The molecule has 2 aliphatic rings. The summed E-state index contributed by atoms with van der Waals surface area (Å²) in [5.41, 5.74) is 0.749. The van der Waals surface area contributed by atoms with Crippen molar-refractivity contribution in [2.75, 3.05) is 13.2 Å². The number of rotatable bonds is 3. The molecule has 3 heterocycles. The van der Waals surface area contributed by atoms with Gasteiger partial charge in [-0.15, -0.1) is 11.3 Å². The predicted molar refractivity (Wildman–Crippen MR) is 87.3 cm³/mol. The highest BCUT2D eigenvalue weighted by atomic mass is 32.1. The number of carbonyl (C=O) groups excluding carboxylic acids is 1. The summed E-state index contributed by atoms with van der Waals surface area (Å²) < 4.78 is 11.5. The fourth-order valence-electron chi connectivity index (χ4n) is 3.58. The van der Waals surface area contributed by atoms with Gasteiger partial charge in [-0.2, -0.15) is 0 Å². The number of aryl methyl sites for hydroxylation is 1. The molecular formula is C17H20N2O3S. The predicted octanol–water partition coefficient (Wildman–Crippen LogP) is 3.03. The Bertz CT molecular complexity index is 695. The minimum atomic E-state index is 0.138. The molecule has 2 fully saturated rings. The van der Waals surface area contributed by atoms with Gasteiger partial charge < -0.3 is 14.1 Å². The normalized spacial score (nSPS) is 24.0. The lowest BCUT2D eigenvalue weighted by molar-refractivity contribution is -0.143. The van der Waals surface area contributed by atoms with Gasteiger partial charge in [0.15, 0.2) is 0 Å². The van der Waals surface area contributed by atoms with Crippen LogP contribution in [0.4, 0.5) is 0 Å². The first-order valence-electron chi connectivity index (χ1n) is 8.13. The second kappa shape index (κ2) is 6.09. The van der Waals surface area contributed by atoms with E-state index in [1.54, 1.807) is 11.3 Å². The van der Waals surface area contributed by atoms with E-state index in [1.807, 2.05) is 29.3 Å². The lowest BCUT2D eigenvalue weighted by Gasteiger charge is -2.37. The van der Waals surface area contributed by atoms with Crippen LogP contribution >= 0.6 is 11.3 Å². The van der Waals surface area contributed by atoms with E-state index >= 15 is 0 Å². The summed E-state index contributed by atoms with van der Waals surface area (Å²) in [5, 5.41) is 1.99. The maximum absolute atomic E-state index is 12.7. The molecule has 2 aromatic rings. The summed E-state index contributed by atoms with van der Waals surface area (Å²) in [6.07, 6.45) is 3.80. The molecule has 0 radical (unpaired) electrons. The van der Waals surface area contributed by atoms with Crippen molar-refractivity contribution in [3.63, 3.8) is 0 Å². The summed E-state index contributed by atoms with van der Waals surface area (Å²) in [4.78, 5) is 20.3. The average molecular weight is 332 g/mol. The first kappa shape index (κ1) is 14.9. The number of aromatic nitrogens is 1. The lowest BCUT2D eigenvalue weighted by Crippen LogP contribution is -2.51. The monoisotopic (exact) mass is 332 g/mol. The smallest absolute Gasteiger partial charge is 0.236 e. The van der Waals surface area contributed by atoms with Crippen molar-refractivity contribution in [3.05, 3.63) is 29.0 Å². The molecule has 1 aliphatic carbocycles. The van der Waals surface area contributed by atoms with Crippen LogP contribution in [0.15, 0.2) is 21.9 Å². The molecule has 1 saturated carbocycles. The maximum Gasteiger partial charge on any atom is 0.236 e. The summed E-state index contributed by atoms with van der Waals surface area (Å²) in [6.45, 7) is 3.21. The van der Waals surface area contributed by atoms with Gasteiger partial charge in [-0.3, -0.25) is 4.79 Å². The maximum atomic E-state index is 12.7. The minimum absolute atomic E-state index is 0.138. The molecule has 0 aromatic carbocycles. The molecule has 122 valence electrons. The van der Waals surface area contributed by atoms with Crippen LogP contribution in [0.5, 0.6) is 0 Å². The number of hydrogen-bond donors (Lipinski definition) is 0. The van der Waals surface area contributed by atoms with Crippen molar-refractivity contribution in [2.45, 2.75) is 44.8 Å². The Morgan fingerprint density at radius 2 is 2.39 bits per heavy atom. The van der Waals surface area contributed by atoms with Crippen LogP contribution in [0.3, 0.4) is 0 Å². The number of fused-ring (bicyclic) bond motifs is 1. The zero-order valence-electron chi connectivity index (χ0n) is 13.2. The van der Waals surface area contributed by atoms with Crippen LogP contribution in [-0.4, -0.2) is 41.1 Å². The fraction of sp³-hybridized carbons (Fsp3) is 0.529. The lowest BCUT2D eigenvalue weighted by atomic mass is 10.1. The molecule has 0 spiro atoms. The molecule has 2 atom stereocenters. The van der Waals surface area contributed by atoms with Gasteiger partial charge in [0.2, 0.25) is 11.8 Å². The van der Waals surface area contributed by atoms with Crippen molar-refractivity contribution in [2.24, 2.45) is 0 Å². The Morgan fingerprint density at radius 1 is 1.48 bits per heavy atom. The van der Waals surface area contributed by atoms with Crippen molar-refractivity contribution in [3.8, 4) is 10.8 Å². The highest BCUT2D eigenvalue weighted by Crippen LogP contribution is 2.31. The van der Waals surface area contributed by atoms with E-state index < -0.39 is 0 Å². The Balaban J connectivity index is 1.50. The van der Waals surface area contributed by atoms with Gasteiger partial charge in [0.05, 0.1) is 35.7 Å². The summed E-state index contributed by atoms with van der Waals surface area (Å²) in [5.74, 6) is 1.48. The van der Waals surface area contributed by atoms with Crippen LogP contribution in [0, 0.1) is 6.92 Å². The molecule has 23 heavy (non-hydrogen) atoms. The van der Waals surface area contributed by atoms with E-state index in [9.17, 15) is 4.79 Å². The minimum Gasteiger partial charge on any atom is -0.440 e.